The van der Waals surface area contributed by atoms with Crippen LogP contribution in [0.4, 0.5) is 14.5 Å². The normalized spacial score (nSPS) is 9.73. The van der Waals surface area contributed by atoms with Crippen LogP contribution >= 0.6 is 0 Å². The highest BCUT2D eigenvalue weighted by Gasteiger charge is 2.08. The van der Waals surface area contributed by atoms with E-state index < -0.39 is 17.5 Å². The number of carbonyl (C=O) groups excluding carboxylic acids is 1. The topological polar surface area (TPSA) is 79.0 Å². The zero-order valence-electron chi connectivity index (χ0n) is 7.68. The van der Waals surface area contributed by atoms with Crippen molar-refractivity contribution < 1.29 is 13.6 Å². The molecule has 1 aromatic carbocycles. The van der Waals surface area contributed by atoms with E-state index in [-0.39, 0.29) is 17.9 Å². The van der Waals surface area contributed by atoms with Gasteiger partial charge in [0.05, 0.1) is 12.1 Å². The Balaban J connectivity index is 2.76. The van der Waals surface area contributed by atoms with Crippen LogP contribution in [0.2, 0.25) is 0 Å². The van der Waals surface area contributed by atoms with E-state index in [9.17, 15) is 13.6 Å². The van der Waals surface area contributed by atoms with Crippen molar-refractivity contribution in [3.05, 3.63) is 29.8 Å². The van der Waals surface area contributed by atoms with Crippen molar-refractivity contribution in [3.8, 4) is 0 Å². The molecule has 0 saturated carbocycles. The minimum atomic E-state index is -0.742. The van der Waals surface area contributed by atoms with Crippen LogP contribution in [0, 0.1) is 17.0 Å². The van der Waals surface area contributed by atoms with Crippen LogP contribution in [0.1, 0.15) is 6.42 Å². The molecule has 0 aliphatic rings. The van der Waals surface area contributed by atoms with Crippen molar-refractivity contribution in [1.29, 1.82) is 5.41 Å². The smallest absolute Gasteiger partial charge is 0.231 e. The van der Waals surface area contributed by atoms with Gasteiger partial charge in [-0.25, -0.2) is 8.78 Å². The number of amides is 1. The lowest BCUT2D eigenvalue weighted by atomic mass is 10.3. The van der Waals surface area contributed by atoms with Crippen LogP contribution in [0.15, 0.2) is 18.2 Å². The van der Waals surface area contributed by atoms with Gasteiger partial charge in [0, 0.05) is 6.07 Å². The van der Waals surface area contributed by atoms with Gasteiger partial charge >= 0.3 is 0 Å². The van der Waals surface area contributed by atoms with Crippen LogP contribution in [-0.2, 0) is 4.79 Å². The van der Waals surface area contributed by atoms with Crippen molar-refractivity contribution in [2.24, 2.45) is 5.73 Å². The molecule has 0 atom stereocenters. The molecule has 80 valence electrons. The van der Waals surface area contributed by atoms with Gasteiger partial charge < -0.3 is 11.1 Å². The fraction of sp³-hybridized carbons (Fsp3) is 0.111. The summed E-state index contributed by atoms with van der Waals surface area (Å²) in [5.41, 5.74) is 4.71. The standard InChI is InChI=1S/C9H9F2N3O/c10-5-1-2-6(11)7(3-5)14-9(15)4-8(12)13/h1-3H,4H2,(H3,12,13)(H,14,15). The Bertz CT molecular complexity index is 406. The molecule has 4 N–H and O–H groups in total. The number of carbonyl (C=O) groups is 1. The molecule has 1 amide bonds. The Morgan fingerprint density at radius 3 is 2.73 bits per heavy atom. The molecule has 0 aliphatic heterocycles. The summed E-state index contributed by atoms with van der Waals surface area (Å²) >= 11 is 0. The highest BCUT2D eigenvalue weighted by Crippen LogP contribution is 2.15. The van der Waals surface area contributed by atoms with E-state index in [4.69, 9.17) is 11.1 Å². The molecule has 1 aromatic rings. The van der Waals surface area contributed by atoms with Gasteiger partial charge in [-0.05, 0) is 12.1 Å². The second-order valence-electron chi connectivity index (χ2n) is 2.87. The summed E-state index contributed by atoms with van der Waals surface area (Å²) in [4.78, 5) is 11.1. The summed E-state index contributed by atoms with van der Waals surface area (Å²) < 4.78 is 25.7. The van der Waals surface area contributed by atoms with E-state index in [1.807, 2.05) is 0 Å². The summed E-state index contributed by atoms with van der Waals surface area (Å²) in [5.74, 6) is -2.40. The Morgan fingerprint density at radius 1 is 1.47 bits per heavy atom. The van der Waals surface area contributed by atoms with Gasteiger partial charge in [-0.2, -0.15) is 0 Å². The molecular formula is C9H9F2N3O. The summed E-state index contributed by atoms with van der Waals surface area (Å²) in [5, 5.41) is 8.94. The number of hydrogen-bond donors (Lipinski definition) is 3. The highest BCUT2D eigenvalue weighted by molar-refractivity contribution is 6.03. The number of rotatable bonds is 3. The van der Waals surface area contributed by atoms with E-state index in [2.05, 4.69) is 5.32 Å². The van der Waals surface area contributed by atoms with Crippen LogP contribution in [0.25, 0.3) is 0 Å². The fourth-order valence-corrected chi connectivity index (χ4v) is 0.961. The zero-order valence-corrected chi connectivity index (χ0v) is 7.68. The molecule has 0 bridgehead atoms. The molecule has 1 rings (SSSR count). The van der Waals surface area contributed by atoms with Crippen LogP contribution < -0.4 is 11.1 Å². The lowest BCUT2D eigenvalue weighted by Gasteiger charge is -2.05. The highest BCUT2D eigenvalue weighted by atomic mass is 19.1. The number of nitrogens with one attached hydrogen (secondary N) is 2. The number of halogens is 2. The van der Waals surface area contributed by atoms with Crippen molar-refractivity contribution in [2.75, 3.05) is 5.32 Å². The molecular weight excluding hydrogens is 204 g/mol. The van der Waals surface area contributed by atoms with Crippen molar-refractivity contribution in [3.63, 3.8) is 0 Å². The maximum Gasteiger partial charge on any atom is 0.231 e. The minimum absolute atomic E-state index is 0.263. The molecule has 0 saturated heterocycles. The Hall–Kier alpha value is -1.98. The second-order valence-corrected chi connectivity index (χ2v) is 2.87. The third-order valence-electron chi connectivity index (χ3n) is 1.55. The average Bonchev–Trinajstić information content (AvgIpc) is 2.10. The first kappa shape index (κ1) is 11.1. The maximum atomic E-state index is 13.0. The minimum Gasteiger partial charge on any atom is -0.387 e. The lowest BCUT2D eigenvalue weighted by molar-refractivity contribution is -0.115. The number of hydrogen-bond acceptors (Lipinski definition) is 2. The third kappa shape index (κ3) is 3.34. The Labute approximate surface area is 84.6 Å². The molecule has 4 nitrogen and oxygen atoms in total. The van der Waals surface area contributed by atoms with E-state index in [0.717, 1.165) is 18.2 Å². The van der Waals surface area contributed by atoms with Crippen LogP contribution in [-0.4, -0.2) is 11.7 Å². The first-order valence-corrected chi connectivity index (χ1v) is 4.07. The zero-order chi connectivity index (χ0) is 11.4. The predicted molar refractivity (Wildman–Crippen MR) is 51.5 cm³/mol. The Kier molecular flexibility index (Phi) is 3.33. The quantitative estimate of drug-likeness (QED) is 0.521. The largest absolute Gasteiger partial charge is 0.387 e. The maximum absolute atomic E-state index is 13.0. The summed E-state index contributed by atoms with van der Waals surface area (Å²) in [7, 11) is 0. The molecule has 0 aromatic heterocycles. The average molecular weight is 213 g/mol. The predicted octanol–water partition coefficient (Wildman–Crippen LogP) is 1.23. The van der Waals surface area contributed by atoms with E-state index >= 15 is 0 Å². The third-order valence-corrected chi connectivity index (χ3v) is 1.55. The fourth-order valence-electron chi connectivity index (χ4n) is 0.961. The van der Waals surface area contributed by atoms with Crippen LogP contribution in [0.5, 0.6) is 0 Å². The SMILES string of the molecule is N=C(N)CC(=O)Nc1cc(F)ccc1F. The Morgan fingerprint density at radius 2 is 2.13 bits per heavy atom. The van der Waals surface area contributed by atoms with Gasteiger partial charge in [0.15, 0.2) is 0 Å². The first-order valence-electron chi connectivity index (χ1n) is 4.07. The van der Waals surface area contributed by atoms with Gasteiger partial charge in [0.25, 0.3) is 0 Å². The number of benzene rings is 1. The van der Waals surface area contributed by atoms with E-state index in [1.165, 1.54) is 0 Å². The molecule has 15 heavy (non-hydrogen) atoms. The van der Waals surface area contributed by atoms with Gasteiger partial charge in [-0.15, -0.1) is 0 Å². The van der Waals surface area contributed by atoms with Gasteiger partial charge in [0.1, 0.15) is 17.5 Å². The van der Waals surface area contributed by atoms with Crippen molar-refractivity contribution in [2.45, 2.75) is 6.42 Å². The van der Waals surface area contributed by atoms with E-state index in [0.29, 0.717) is 0 Å². The van der Waals surface area contributed by atoms with Gasteiger partial charge in [-0.3, -0.25) is 10.2 Å². The van der Waals surface area contributed by atoms with Crippen LogP contribution in [0.3, 0.4) is 0 Å². The molecule has 0 heterocycles. The molecule has 0 unspecified atom stereocenters. The van der Waals surface area contributed by atoms with Crippen molar-refractivity contribution >= 4 is 17.4 Å². The van der Waals surface area contributed by atoms with Gasteiger partial charge in [0.2, 0.25) is 5.91 Å². The second kappa shape index (κ2) is 4.50. The molecule has 0 aliphatic carbocycles. The molecule has 0 fully saturated rings. The first-order chi connectivity index (χ1) is 6.99. The van der Waals surface area contributed by atoms with Crippen molar-refractivity contribution in [1.82, 2.24) is 0 Å². The summed E-state index contributed by atoms with van der Waals surface area (Å²) in [6.45, 7) is 0. The number of amidine groups is 1. The summed E-state index contributed by atoms with van der Waals surface area (Å²) in [6.07, 6.45) is -0.351. The lowest BCUT2D eigenvalue weighted by Crippen LogP contribution is -2.21. The van der Waals surface area contributed by atoms with Gasteiger partial charge in [-0.1, -0.05) is 0 Å². The number of nitrogens with two attached hydrogens (primary N) is 1. The molecule has 6 heteroatoms. The van der Waals surface area contributed by atoms with E-state index in [1.54, 1.807) is 0 Å². The monoisotopic (exact) mass is 213 g/mol. The summed E-state index contributed by atoms with van der Waals surface area (Å²) in [6, 6.07) is 2.70. The molecule has 0 spiro atoms. The molecule has 0 radical (unpaired) electrons. The number of anilines is 1.